The molecule has 1 aromatic carbocycles. The van der Waals surface area contributed by atoms with Gasteiger partial charge in [-0.1, -0.05) is 23.7 Å². The van der Waals surface area contributed by atoms with E-state index in [9.17, 15) is 4.79 Å². The number of rotatable bonds is 4. The minimum absolute atomic E-state index is 0.178. The van der Waals surface area contributed by atoms with Crippen LogP contribution in [0.25, 0.3) is 0 Å². The van der Waals surface area contributed by atoms with Crippen LogP contribution in [0.4, 0.5) is 5.95 Å². The van der Waals surface area contributed by atoms with Gasteiger partial charge in [0.2, 0.25) is 5.95 Å². The number of carbonyl (C=O) groups is 1. The second kappa shape index (κ2) is 6.75. The zero-order chi connectivity index (χ0) is 15.4. The zero-order valence-electron chi connectivity index (χ0n) is 12.1. The molecule has 1 aliphatic rings. The molecule has 1 saturated heterocycles. The van der Waals surface area contributed by atoms with Crippen molar-refractivity contribution in [2.24, 2.45) is 0 Å². The summed E-state index contributed by atoms with van der Waals surface area (Å²) < 4.78 is 0. The van der Waals surface area contributed by atoms with E-state index < -0.39 is 0 Å². The average Bonchev–Trinajstić information content (AvgIpc) is 3.09. The second-order valence-corrected chi connectivity index (χ2v) is 5.71. The Hall–Kier alpha value is -2.14. The number of aromatic nitrogens is 2. The number of carbonyl (C=O) groups excluding carboxylic acids is 1. The molecule has 0 aliphatic carbocycles. The van der Waals surface area contributed by atoms with Crippen molar-refractivity contribution in [3.63, 3.8) is 0 Å². The molecule has 2 heterocycles. The van der Waals surface area contributed by atoms with Crippen LogP contribution < -0.4 is 10.2 Å². The van der Waals surface area contributed by atoms with Gasteiger partial charge in [0.15, 0.2) is 0 Å². The van der Waals surface area contributed by atoms with Crippen LogP contribution in [-0.2, 0) is 6.54 Å². The molecule has 2 aromatic rings. The van der Waals surface area contributed by atoms with Crippen LogP contribution in [0.5, 0.6) is 0 Å². The van der Waals surface area contributed by atoms with Crippen molar-refractivity contribution in [3.8, 4) is 0 Å². The molecule has 6 heteroatoms. The molecule has 1 fully saturated rings. The third-order valence-corrected chi connectivity index (χ3v) is 3.91. The van der Waals surface area contributed by atoms with Gasteiger partial charge in [-0.25, -0.2) is 9.97 Å². The van der Waals surface area contributed by atoms with E-state index in [1.54, 1.807) is 24.5 Å². The zero-order valence-corrected chi connectivity index (χ0v) is 12.9. The first-order chi connectivity index (χ1) is 10.7. The highest BCUT2D eigenvalue weighted by molar-refractivity contribution is 6.30. The van der Waals surface area contributed by atoms with Crippen molar-refractivity contribution in [1.29, 1.82) is 0 Å². The molecule has 0 radical (unpaired) electrons. The van der Waals surface area contributed by atoms with E-state index in [0.717, 1.165) is 18.7 Å². The van der Waals surface area contributed by atoms with Crippen LogP contribution in [0.1, 0.15) is 28.8 Å². The topological polar surface area (TPSA) is 58.1 Å². The Bertz CT molecular complexity index is 636. The molecule has 22 heavy (non-hydrogen) atoms. The summed E-state index contributed by atoms with van der Waals surface area (Å²) in [6, 6.07) is 7.37. The predicted octanol–water partition coefficient (Wildman–Crippen LogP) is 2.66. The first-order valence-corrected chi connectivity index (χ1v) is 7.70. The quantitative estimate of drug-likeness (QED) is 0.942. The lowest BCUT2D eigenvalue weighted by molar-refractivity contribution is 0.0950. The number of anilines is 1. The van der Waals surface area contributed by atoms with E-state index in [1.807, 2.05) is 12.1 Å². The van der Waals surface area contributed by atoms with E-state index in [-0.39, 0.29) is 5.91 Å². The van der Waals surface area contributed by atoms with Gasteiger partial charge in [-0.05, 0) is 30.5 Å². The highest BCUT2D eigenvalue weighted by Crippen LogP contribution is 2.15. The van der Waals surface area contributed by atoms with Gasteiger partial charge in [-0.15, -0.1) is 0 Å². The standard InChI is InChI=1S/C16H17ClN4O/c17-14-5-3-12(4-6-14)9-18-15(22)13-10-19-16(20-11-13)21-7-1-2-8-21/h3-6,10-11H,1-2,7-9H2,(H,18,22). The summed E-state index contributed by atoms with van der Waals surface area (Å²) in [5.74, 6) is 0.523. The van der Waals surface area contributed by atoms with Crippen LogP contribution >= 0.6 is 11.6 Å². The van der Waals surface area contributed by atoms with E-state index in [1.165, 1.54) is 12.8 Å². The Kier molecular flexibility index (Phi) is 4.53. The summed E-state index contributed by atoms with van der Waals surface area (Å²) in [7, 11) is 0. The molecule has 3 rings (SSSR count). The van der Waals surface area contributed by atoms with Gasteiger partial charge in [0, 0.05) is 37.1 Å². The largest absolute Gasteiger partial charge is 0.348 e. The van der Waals surface area contributed by atoms with Crippen LogP contribution in [0.15, 0.2) is 36.7 Å². The average molecular weight is 317 g/mol. The molecular weight excluding hydrogens is 300 g/mol. The molecule has 114 valence electrons. The third kappa shape index (κ3) is 3.54. The Morgan fingerprint density at radius 1 is 1.14 bits per heavy atom. The van der Waals surface area contributed by atoms with Crippen LogP contribution in [0.3, 0.4) is 0 Å². The van der Waals surface area contributed by atoms with Gasteiger partial charge in [0.25, 0.3) is 5.91 Å². The van der Waals surface area contributed by atoms with E-state index in [0.29, 0.717) is 23.1 Å². The van der Waals surface area contributed by atoms with Gasteiger partial charge in [0.1, 0.15) is 0 Å². The van der Waals surface area contributed by atoms with Crippen molar-refractivity contribution in [1.82, 2.24) is 15.3 Å². The first-order valence-electron chi connectivity index (χ1n) is 7.32. The fraction of sp³-hybridized carbons (Fsp3) is 0.312. The number of hydrogen-bond acceptors (Lipinski definition) is 4. The molecule has 1 aromatic heterocycles. The van der Waals surface area contributed by atoms with Gasteiger partial charge in [0.05, 0.1) is 5.56 Å². The molecule has 0 unspecified atom stereocenters. The first kappa shape index (κ1) is 14.8. The number of nitrogens with one attached hydrogen (secondary N) is 1. The molecule has 1 amide bonds. The predicted molar refractivity (Wildman–Crippen MR) is 86.1 cm³/mol. The van der Waals surface area contributed by atoms with Gasteiger partial charge >= 0.3 is 0 Å². The Morgan fingerprint density at radius 2 is 1.77 bits per heavy atom. The summed E-state index contributed by atoms with van der Waals surface area (Å²) in [4.78, 5) is 22.8. The summed E-state index contributed by atoms with van der Waals surface area (Å²) >= 11 is 5.83. The monoisotopic (exact) mass is 316 g/mol. The third-order valence-electron chi connectivity index (χ3n) is 3.66. The number of hydrogen-bond donors (Lipinski definition) is 1. The van der Waals surface area contributed by atoms with Crippen molar-refractivity contribution in [3.05, 3.63) is 52.8 Å². The Labute approximate surface area is 134 Å². The number of amides is 1. The fourth-order valence-corrected chi connectivity index (χ4v) is 2.53. The summed E-state index contributed by atoms with van der Waals surface area (Å²) in [6.45, 7) is 2.42. The summed E-state index contributed by atoms with van der Waals surface area (Å²) in [5.41, 5.74) is 1.46. The van der Waals surface area contributed by atoms with Crippen LogP contribution in [-0.4, -0.2) is 29.0 Å². The number of halogens is 1. The number of benzene rings is 1. The van der Waals surface area contributed by atoms with Gasteiger partial charge in [-0.2, -0.15) is 0 Å². The van der Waals surface area contributed by atoms with Crippen molar-refractivity contribution >= 4 is 23.5 Å². The summed E-state index contributed by atoms with van der Waals surface area (Å²) in [6.07, 6.45) is 5.51. The molecule has 5 nitrogen and oxygen atoms in total. The molecule has 0 saturated carbocycles. The maximum Gasteiger partial charge on any atom is 0.254 e. The fourth-order valence-electron chi connectivity index (χ4n) is 2.41. The minimum Gasteiger partial charge on any atom is -0.348 e. The maximum atomic E-state index is 12.1. The van der Waals surface area contributed by atoms with Crippen molar-refractivity contribution in [2.45, 2.75) is 19.4 Å². The molecular formula is C16H17ClN4O. The van der Waals surface area contributed by atoms with E-state index >= 15 is 0 Å². The van der Waals surface area contributed by atoms with Crippen molar-refractivity contribution < 1.29 is 4.79 Å². The molecule has 1 aliphatic heterocycles. The van der Waals surface area contributed by atoms with E-state index in [2.05, 4.69) is 20.2 Å². The van der Waals surface area contributed by atoms with Crippen molar-refractivity contribution in [2.75, 3.05) is 18.0 Å². The summed E-state index contributed by atoms with van der Waals surface area (Å²) in [5, 5.41) is 3.53. The highest BCUT2D eigenvalue weighted by atomic mass is 35.5. The lowest BCUT2D eigenvalue weighted by atomic mass is 10.2. The second-order valence-electron chi connectivity index (χ2n) is 5.28. The van der Waals surface area contributed by atoms with Crippen LogP contribution in [0, 0.1) is 0 Å². The lowest BCUT2D eigenvalue weighted by Crippen LogP contribution is -2.24. The Morgan fingerprint density at radius 3 is 2.41 bits per heavy atom. The minimum atomic E-state index is -0.178. The Balaban J connectivity index is 1.58. The smallest absolute Gasteiger partial charge is 0.254 e. The number of nitrogens with zero attached hydrogens (tertiary/aromatic N) is 3. The molecule has 0 atom stereocenters. The van der Waals surface area contributed by atoms with Gasteiger partial charge in [-0.3, -0.25) is 4.79 Å². The molecule has 1 N–H and O–H groups in total. The normalized spacial score (nSPS) is 14.1. The molecule has 0 bridgehead atoms. The lowest BCUT2D eigenvalue weighted by Gasteiger charge is -2.14. The van der Waals surface area contributed by atoms with Gasteiger partial charge < -0.3 is 10.2 Å². The van der Waals surface area contributed by atoms with Crippen LogP contribution in [0.2, 0.25) is 5.02 Å². The molecule has 0 spiro atoms. The maximum absolute atomic E-state index is 12.1. The van der Waals surface area contributed by atoms with E-state index in [4.69, 9.17) is 11.6 Å². The SMILES string of the molecule is O=C(NCc1ccc(Cl)cc1)c1cnc(N2CCCC2)nc1. The highest BCUT2D eigenvalue weighted by Gasteiger charge is 2.15.